The van der Waals surface area contributed by atoms with Crippen LogP contribution >= 0.6 is 0 Å². The van der Waals surface area contributed by atoms with Gasteiger partial charge in [-0.25, -0.2) is 13.1 Å². The molecule has 0 unspecified atom stereocenters. The summed E-state index contributed by atoms with van der Waals surface area (Å²) in [6.45, 7) is 8.14. The number of para-hydroxylation sites is 1. The van der Waals surface area contributed by atoms with Crippen LogP contribution in [-0.4, -0.2) is 28.7 Å². The van der Waals surface area contributed by atoms with Crippen molar-refractivity contribution in [3.05, 3.63) is 52.6 Å². The molecule has 0 aliphatic carbocycles. The summed E-state index contributed by atoms with van der Waals surface area (Å²) in [5.74, 6) is 1.14. The summed E-state index contributed by atoms with van der Waals surface area (Å²) < 4.78 is 38.7. The van der Waals surface area contributed by atoms with E-state index in [-0.39, 0.29) is 18.0 Å². The minimum absolute atomic E-state index is 0.144. The number of benzene rings is 2. The Morgan fingerprint density at radius 3 is 2.16 bits per heavy atom. The lowest BCUT2D eigenvalue weighted by molar-refractivity contribution is 0.318. The molecule has 25 heavy (non-hydrogen) atoms. The van der Waals surface area contributed by atoms with Crippen molar-refractivity contribution in [1.82, 2.24) is 4.72 Å². The largest absolute Gasteiger partial charge is 0.495 e. The van der Waals surface area contributed by atoms with Gasteiger partial charge in [-0.05, 0) is 62.1 Å². The Labute approximate surface area is 150 Å². The van der Waals surface area contributed by atoms with Crippen LogP contribution in [-0.2, 0) is 10.0 Å². The van der Waals surface area contributed by atoms with Gasteiger partial charge in [0.25, 0.3) is 0 Å². The molecule has 2 rings (SSSR count). The average Bonchev–Trinajstić information content (AvgIpc) is 2.55. The van der Waals surface area contributed by atoms with Crippen molar-refractivity contribution in [2.75, 3.05) is 20.3 Å². The molecular weight excluding hydrogens is 338 g/mol. The summed E-state index contributed by atoms with van der Waals surface area (Å²) in [7, 11) is -2.21. The lowest BCUT2D eigenvalue weighted by Crippen LogP contribution is -2.29. The van der Waals surface area contributed by atoms with Gasteiger partial charge in [0.1, 0.15) is 23.0 Å². The summed E-state index contributed by atoms with van der Waals surface area (Å²) in [5, 5.41) is 0. The summed E-state index contributed by atoms with van der Waals surface area (Å²) in [6, 6.07) is 9.26. The fraction of sp³-hybridized carbons (Fsp3) is 0.368. The third-order valence-electron chi connectivity index (χ3n) is 4.12. The highest BCUT2D eigenvalue weighted by molar-refractivity contribution is 7.89. The van der Waals surface area contributed by atoms with Crippen LogP contribution in [0.25, 0.3) is 0 Å². The van der Waals surface area contributed by atoms with Gasteiger partial charge in [0, 0.05) is 6.54 Å². The monoisotopic (exact) mass is 363 g/mol. The van der Waals surface area contributed by atoms with Gasteiger partial charge in [0.15, 0.2) is 0 Å². The lowest BCUT2D eigenvalue weighted by Gasteiger charge is -2.14. The van der Waals surface area contributed by atoms with Crippen LogP contribution in [0.15, 0.2) is 35.2 Å². The van der Waals surface area contributed by atoms with E-state index in [0.717, 1.165) is 28.0 Å². The van der Waals surface area contributed by atoms with Gasteiger partial charge >= 0.3 is 0 Å². The molecule has 5 nitrogen and oxygen atoms in total. The topological polar surface area (TPSA) is 64.6 Å². The second-order valence-electron chi connectivity index (χ2n) is 6.05. The third-order valence-corrected chi connectivity index (χ3v) is 5.60. The highest BCUT2D eigenvalue weighted by atomic mass is 32.2. The predicted molar refractivity (Wildman–Crippen MR) is 99.1 cm³/mol. The maximum atomic E-state index is 12.6. The standard InChI is InChI=1S/C19H25NO4S/c1-13-7-6-8-14(2)19(13)24-10-9-20-25(21,22)18-12-16(4)15(3)11-17(18)23-5/h6-8,11-12,20H,9-10H2,1-5H3. The molecule has 0 atom stereocenters. The lowest BCUT2D eigenvalue weighted by atomic mass is 10.1. The summed E-state index contributed by atoms with van der Waals surface area (Å²) in [6.07, 6.45) is 0. The summed E-state index contributed by atoms with van der Waals surface area (Å²) in [5.41, 5.74) is 3.93. The number of ether oxygens (including phenoxy) is 2. The molecule has 0 saturated heterocycles. The van der Waals surface area contributed by atoms with Crippen LogP contribution in [0.5, 0.6) is 11.5 Å². The van der Waals surface area contributed by atoms with E-state index >= 15 is 0 Å². The first-order chi connectivity index (χ1) is 11.8. The van der Waals surface area contributed by atoms with E-state index in [1.807, 2.05) is 45.9 Å². The second kappa shape index (κ2) is 7.89. The zero-order chi connectivity index (χ0) is 18.6. The van der Waals surface area contributed by atoms with E-state index in [2.05, 4.69) is 4.72 Å². The fourth-order valence-corrected chi connectivity index (χ4v) is 3.81. The SMILES string of the molecule is COc1cc(C)c(C)cc1S(=O)(=O)NCCOc1c(C)cccc1C. The molecule has 0 aliphatic rings. The summed E-state index contributed by atoms with van der Waals surface area (Å²) >= 11 is 0. The Kier molecular flexibility index (Phi) is 6.08. The van der Waals surface area contributed by atoms with Gasteiger partial charge in [0.2, 0.25) is 10.0 Å². The Balaban J connectivity index is 2.06. The van der Waals surface area contributed by atoms with Crippen molar-refractivity contribution in [2.24, 2.45) is 0 Å². The molecule has 0 spiro atoms. The molecule has 136 valence electrons. The van der Waals surface area contributed by atoms with Crippen LogP contribution in [0.3, 0.4) is 0 Å². The van der Waals surface area contributed by atoms with E-state index in [9.17, 15) is 8.42 Å². The van der Waals surface area contributed by atoms with Gasteiger partial charge in [-0.1, -0.05) is 18.2 Å². The molecule has 0 saturated carbocycles. The second-order valence-corrected chi connectivity index (χ2v) is 7.79. The van der Waals surface area contributed by atoms with Crippen LogP contribution in [0, 0.1) is 27.7 Å². The Bertz CT molecular complexity index is 840. The molecule has 6 heteroatoms. The van der Waals surface area contributed by atoms with Crippen molar-refractivity contribution in [3.63, 3.8) is 0 Å². The van der Waals surface area contributed by atoms with Crippen LogP contribution in [0.2, 0.25) is 0 Å². The van der Waals surface area contributed by atoms with Crippen molar-refractivity contribution >= 4 is 10.0 Å². The maximum absolute atomic E-state index is 12.6. The van der Waals surface area contributed by atoms with Gasteiger partial charge in [-0.2, -0.15) is 0 Å². The molecule has 2 aromatic rings. The minimum Gasteiger partial charge on any atom is -0.495 e. The first-order valence-corrected chi connectivity index (χ1v) is 9.58. The van der Waals surface area contributed by atoms with Gasteiger partial charge in [-0.15, -0.1) is 0 Å². The predicted octanol–water partition coefficient (Wildman–Crippen LogP) is 3.29. The molecule has 0 amide bonds. The van der Waals surface area contributed by atoms with E-state index < -0.39 is 10.0 Å². The van der Waals surface area contributed by atoms with Crippen molar-refractivity contribution < 1.29 is 17.9 Å². The van der Waals surface area contributed by atoms with Crippen LogP contribution in [0.1, 0.15) is 22.3 Å². The minimum atomic E-state index is -3.67. The molecule has 0 aliphatic heterocycles. The molecule has 0 heterocycles. The first kappa shape index (κ1) is 19.3. The zero-order valence-corrected chi connectivity index (χ0v) is 16.2. The maximum Gasteiger partial charge on any atom is 0.244 e. The molecule has 0 radical (unpaired) electrons. The number of sulfonamides is 1. The smallest absolute Gasteiger partial charge is 0.244 e. The number of hydrogen-bond donors (Lipinski definition) is 1. The highest BCUT2D eigenvalue weighted by Crippen LogP contribution is 2.27. The zero-order valence-electron chi connectivity index (χ0n) is 15.3. The van der Waals surface area contributed by atoms with Crippen molar-refractivity contribution in [3.8, 4) is 11.5 Å². The molecular formula is C19H25NO4S. The van der Waals surface area contributed by atoms with Gasteiger partial charge in [-0.3, -0.25) is 0 Å². The van der Waals surface area contributed by atoms with Crippen LogP contribution in [0.4, 0.5) is 0 Å². The Morgan fingerprint density at radius 1 is 0.960 bits per heavy atom. The normalized spacial score (nSPS) is 11.4. The fourth-order valence-electron chi connectivity index (χ4n) is 2.57. The number of methoxy groups -OCH3 is 1. The number of nitrogens with one attached hydrogen (secondary N) is 1. The number of aryl methyl sites for hydroxylation is 4. The molecule has 0 aromatic heterocycles. The van der Waals surface area contributed by atoms with Crippen molar-refractivity contribution in [1.29, 1.82) is 0 Å². The van der Waals surface area contributed by atoms with Crippen LogP contribution < -0.4 is 14.2 Å². The van der Waals surface area contributed by atoms with E-state index in [1.54, 1.807) is 12.1 Å². The van der Waals surface area contributed by atoms with Gasteiger partial charge < -0.3 is 9.47 Å². The number of hydrogen-bond acceptors (Lipinski definition) is 4. The Morgan fingerprint density at radius 2 is 1.56 bits per heavy atom. The Hall–Kier alpha value is -2.05. The molecule has 1 N–H and O–H groups in total. The van der Waals surface area contributed by atoms with Crippen molar-refractivity contribution in [2.45, 2.75) is 32.6 Å². The highest BCUT2D eigenvalue weighted by Gasteiger charge is 2.20. The third kappa shape index (κ3) is 4.52. The van der Waals surface area contributed by atoms with Gasteiger partial charge in [0.05, 0.1) is 7.11 Å². The first-order valence-electron chi connectivity index (χ1n) is 8.10. The van der Waals surface area contributed by atoms with E-state index in [1.165, 1.54) is 7.11 Å². The summed E-state index contributed by atoms with van der Waals surface area (Å²) in [4.78, 5) is 0.144. The van der Waals surface area contributed by atoms with E-state index in [0.29, 0.717) is 5.75 Å². The quantitative estimate of drug-likeness (QED) is 0.767. The molecule has 0 fully saturated rings. The average molecular weight is 363 g/mol. The molecule has 0 bridgehead atoms. The van der Waals surface area contributed by atoms with E-state index in [4.69, 9.17) is 9.47 Å². The molecule has 2 aromatic carbocycles. The number of rotatable bonds is 7.